The smallest absolute Gasteiger partial charge is 0.223 e. The molecule has 1 aromatic carbocycles. The number of nitrogens with one attached hydrogen (secondary N) is 1. The third kappa shape index (κ3) is 3.75. The van der Waals surface area contributed by atoms with Crippen molar-refractivity contribution in [1.82, 2.24) is 9.88 Å². The summed E-state index contributed by atoms with van der Waals surface area (Å²) in [5.74, 6) is 1.45. The molecule has 2 aliphatic rings. The van der Waals surface area contributed by atoms with Gasteiger partial charge in [0.05, 0.1) is 17.7 Å². The van der Waals surface area contributed by atoms with Gasteiger partial charge in [-0.15, -0.1) is 0 Å². The lowest BCUT2D eigenvalue weighted by molar-refractivity contribution is -0.152. The summed E-state index contributed by atoms with van der Waals surface area (Å²) in [5.41, 5.74) is 1.32. The molecule has 0 radical (unpaired) electrons. The number of H-pyrrole nitrogens is 1. The number of hydrogen-bond donors (Lipinski definition) is 2. The summed E-state index contributed by atoms with van der Waals surface area (Å²) in [5, 5.41) is 12.1. The molecule has 2 aromatic rings. The van der Waals surface area contributed by atoms with Gasteiger partial charge in [0.2, 0.25) is 5.91 Å². The van der Waals surface area contributed by atoms with Crippen LogP contribution in [0.5, 0.6) is 5.75 Å². The van der Waals surface area contributed by atoms with Crippen molar-refractivity contribution in [2.75, 3.05) is 7.11 Å². The van der Waals surface area contributed by atoms with Crippen LogP contribution in [0, 0.1) is 5.92 Å². The normalized spacial score (nSPS) is 30.4. The first-order valence-electron chi connectivity index (χ1n) is 10.6. The number of nitrogens with zero attached hydrogens (tertiary/aromatic N) is 1. The number of amides is 1. The van der Waals surface area contributed by atoms with Crippen LogP contribution in [-0.4, -0.2) is 45.7 Å². The summed E-state index contributed by atoms with van der Waals surface area (Å²) in [7, 11) is 1.61. The second-order valence-corrected chi connectivity index (χ2v) is 9.82. The molecule has 4 rings (SSSR count). The zero-order valence-electron chi connectivity index (χ0n) is 17.7. The van der Waals surface area contributed by atoms with Crippen LogP contribution >= 0.6 is 11.6 Å². The number of hydrogen-bond acceptors (Lipinski definition) is 3. The van der Waals surface area contributed by atoms with E-state index in [2.05, 4.69) is 23.7 Å². The van der Waals surface area contributed by atoms with E-state index in [-0.39, 0.29) is 23.9 Å². The van der Waals surface area contributed by atoms with Gasteiger partial charge in [-0.3, -0.25) is 4.79 Å². The Morgan fingerprint density at radius 2 is 2.03 bits per heavy atom. The van der Waals surface area contributed by atoms with E-state index in [4.69, 9.17) is 16.3 Å². The third-order valence-electron chi connectivity index (χ3n) is 6.78. The molecule has 5 nitrogen and oxygen atoms in total. The number of aromatic amines is 1. The van der Waals surface area contributed by atoms with Crippen molar-refractivity contribution >= 4 is 28.4 Å². The van der Waals surface area contributed by atoms with Gasteiger partial charge in [0, 0.05) is 35.6 Å². The van der Waals surface area contributed by atoms with Gasteiger partial charge in [-0.05, 0) is 62.1 Å². The number of carbonyl (C=O) groups excluding carboxylic acids is 1. The van der Waals surface area contributed by atoms with Crippen LogP contribution in [0.2, 0.25) is 5.02 Å². The number of fused-ring (bicyclic) bond motifs is 3. The van der Waals surface area contributed by atoms with Crippen molar-refractivity contribution in [2.45, 2.75) is 76.5 Å². The average Bonchev–Trinajstić information content (AvgIpc) is 3.05. The van der Waals surface area contributed by atoms with E-state index >= 15 is 0 Å². The highest BCUT2D eigenvalue weighted by Gasteiger charge is 2.46. The second kappa shape index (κ2) is 7.51. The summed E-state index contributed by atoms with van der Waals surface area (Å²) in [6.07, 6.45) is 5.68. The van der Waals surface area contributed by atoms with Crippen molar-refractivity contribution in [3.05, 3.63) is 28.9 Å². The first-order valence-corrected chi connectivity index (χ1v) is 10.9. The van der Waals surface area contributed by atoms with Gasteiger partial charge in [0.15, 0.2) is 0 Å². The number of benzene rings is 1. The molecule has 158 valence electrons. The zero-order chi connectivity index (χ0) is 20.9. The number of aliphatic hydroxyl groups is 1. The number of piperidine rings is 2. The van der Waals surface area contributed by atoms with Gasteiger partial charge in [0.1, 0.15) is 5.75 Å². The lowest BCUT2D eigenvalue weighted by atomic mass is 9.73. The number of ether oxygens (including phenoxy) is 1. The van der Waals surface area contributed by atoms with E-state index in [0.29, 0.717) is 36.0 Å². The van der Waals surface area contributed by atoms with Crippen LogP contribution in [0.25, 0.3) is 10.9 Å². The summed E-state index contributed by atoms with van der Waals surface area (Å²) in [6.45, 7) is 6.25. The van der Waals surface area contributed by atoms with Crippen molar-refractivity contribution in [3.8, 4) is 5.75 Å². The minimum absolute atomic E-state index is 0.0291. The topological polar surface area (TPSA) is 65.6 Å². The van der Waals surface area contributed by atoms with Gasteiger partial charge < -0.3 is 19.7 Å². The predicted octanol–water partition coefficient (Wildman–Crippen LogP) is 4.86. The van der Waals surface area contributed by atoms with E-state index in [1.54, 1.807) is 7.11 Å². The highest BCUT2D eigenvalue weighted by Crippen LogP contribution is 2.43. The predicted molar refractivity (Wildman–Crippen MR) is 116 cm³/mol. The van der Waals surface area contributed by atoms with E-state index in [1.807, 2.05) is 25.3 Å². The Morgan fingerprint density at radius 1 is 1.38 bits per heavy atom. The molecule has 3 atom stereocenters. The number of aromatic nitrogens is 1. The monoisotopic (exact) mass is 418 g/mol. The zero-order valence-corrected chi connectivity index (χ0v) is 18.4. The molecule has 3 unspecified atom stereocenters. The largest absolute Gasteiger partial charge is 0.495 e. The summed E-state index contributed by atoms with van der Waals surface area (Å²) in [4.78, 5) is 18.7. The number of rotatable bonds is 4. The van der Waals surface area contributed by atoms with Crippen LogP contribution in [0.15, 0.2) is 18.3 Å². The lowest BCUT2D eigenvalue weighted by Gasteiger charge is -2.53. The fourth-order valence-electron chi connectivity index (χ4n) is 5.63. The third-order valence-corrected chi connectivity index (χ3v) is 7.16. The Labute approximate surface area is 177 Å². The highest BCUT2D eigenvalue weighted by atomic mass is 35.5. The first kappa shape index (κ1) is 20.5. The van der Waals surface area contributed by atoms with Gasteiger partial charge in [-0.25, -0.2) is 0 Å². The van der Waals surface area contributed by atoms with E-state index in [0.717, 1.165) is 29.3 Å². The molecule has 2 N–H and O–H groups in total. The van der Waals surface area contributed by atoms with E-state index in [9.17, 15) is 9.90 Å². The summed E-state index contributed by atoms with van der Waals surface area (Å²) >= 11 is 6.57. The molecule has 2 saturated heterocycles. The van der Waals surface area contributed by atoms with Gasteiger partial charge >= 0.3 is 0 Å². The van der Waals surface area contributed by atoms with Crippen LogP contribution in [-0.2, 0) is 4.79 Å². The molecule has 29 heavy (non-hydrogen) atoms. The lowest BCUT2D eigenvalue weighted by Crippen LogP contribution is -2.60. The number of methoxy groups -OCH3 is 1. The minimum atomic E-state index is -0.668. The first-order chi connectivity index (χ1) is 13.7. The molecular weight excluding hydrogens is 388 g/mol. The summed E-state index contributed by atoms with van der Waals surface area (Å²) < 4.78 is 5.37. The molecule has 1 aromatic heterocycles. The second-order valence-electron chi connectivity index (χ2n) is 9.44. The Morgan fingerprint density at radius 3 is 2.66 bits per heavy atom. The molecular formula is C23H31ClN2O3. The Hall–Kier alpha value is -1.72. The Kier molecular flexibility index (Phi) is 5.32. The Bertz CT molecular complexity index is 904. The Balaban J connectivity index is 1.57. The molecule has 2 fully saturated rings. The van der Waals surface area contributed by atoms with Gasteiger partial charge in [-0.2, -0.15) is 0 Å². The van der Waals surface area contributed by atoms with Crippen molar-refractivity contribution in [3.63, 3.8) is 0 Å². The van der Waals surface area contributed by atoms with E-state index < -0.39 is 5.60 Å². The molecule has 0 aliphatic carbocycles. The fourth-order valence-corrected chi connectivity index (χ4v) is 5.98. The average molecular weight is 419 g/mol. The maximum atomic E-state index is 13.4. The minimum Gasteiger partial charge on any atom is -0.495 e. The highest BCUT2D eigenvalue weighted by molar-refractivity contribution is 6.37. The molecule has 6 heteroatoms. The SMILES string of the molecule is COc1ccc2[nH]cc(C(C)CC(=O)N3C4CC(C)CC3CC(C)(O)C4)c2c1Cl. The molecule has 0 saturated carbocycles. The maximum Gasteiger partial charge on any atom is 0.223 e. The van der Waals surface area contributed by atoms with Crippen molar-refractivity contribution < 1.29 is 14.6 Å². The quantitative estimate of drug-likeness (QED) is 0.744. The maximum absolute atomic E-state index is 13.4. The van der Waals surface area contributed by atoms with Crippen LogP contribution < -0.4 is 4.74 Å². The van der Waals surface area contributed by atoms with Crippen LogP contribution in [0.4, 0.5) is 0 Å². The van der Waals surface area contributed by atoms with Crippen LogP contribution in [0.1, 0.15) is 64.4 Å². The molecule has 2 bridgehead atoms. The molecule has 0 spiro atoms. The summed E-state index contributed by atoms with van der Waals surface area (Å²) in [6, 6.07) is 4.08. The van der Waals surface area contributed by atoms with Gasteiger partial charge in [0.25, 0.3) is 0 Å². The number of halogens is 1. The van der Waals surface area contributed by atoms with Crippen molar-refractivity contribution in [1.29, 1.82) is 0 Å². The number of carbonyl (C=O) groups is 1. The standard InChI is InChI=1S/C23H31ClN2O3/c1-13-7-15-10-23(3,28)11-16(8-13)26(15)20(27)9-14(2)17-12-25-18-5-6-19(29-4)22(24)21(17)18/h5-6,12-16,25,28H,7-11H2,1-4H3. The van der Waals surface area contributed by atoms with Crippen molar-refractivity contribution in [2.24, 2.45) is 5.92 Å². The fraction of sp³-hybridized carbons (Fsp3) is 0.609. The van der Waals surface area contributed by atoms with E-state index in [1.165, 1.54) is 0 Å². The molecule has 2 aliphatic heterocycles. The molecule has 3 heterocycles. The van der Waals surface area contributed by atoms with Crippen LogP contribution in [0.3, 0.4) is 0 Å². The van der Waals surface area contributed by atoms with Gasteiger partial charge in [-0.1, -0.05) is 25.4 Å². The molecule has 1 amide bonds.